The summed E-state index contributed by atoms with van der Waals surface area (Å²) in [5.41, 5.74) is 0. The molecular formula is C18H15BrPb. The Morgan fingerprint density at radius 2 is 0.700 bits per heavy atom. The SMILES string of the molecule is [Br][Pb]([c]1ccccc1)([c]1ccccc1)[c]1ccccc1. The molecule has 3 aromatic carbocycles. The summed E-state index contributed by atoms with van der Waals surface area (Å²) in [6, 6.07) is 32.6. The van der Waals surface area contributed by atoms with Crippen molar-refractivity contribution in [2.45, 2.75) is 0 Å². The quantitative estimate of drug-likeness (QED) is 0.468. The molecule has 0 bridgehead atoms. The fourth-order valence-electron chi connectivity index (χ4n) is 2.50. The maximum absolute atomic E-state index is 4.23. The zero-order valence-electron chi connectivity index (χ0n) is 11.0. The van der Waals surface area contributed by atoms with Crippen LogP contribution in [0.3, 0.4) is 0 Å². The second-order valence-electron chi connectivity index (χ2n) is 4.76. The monoisotopic (exact) mass is 518 g/mol. The molecule has 0 amide bonds. The Morgan fingerprint density at radius 1 is 0.450 bits per heavy atom. The molecule has 0 unspecified atom stereocenters. The van der Waals surface area contributed by atoms with Crippen LogP contribution in [-0.4, -0.2) is 18.8 Å². The average molecular weight is 518 g/mol. The summed E-state index contributed by atoms with van der Waals surface area (Å²) in [7, 11) is 0. The molecule has 3 aromatic rings. The van der Waals surface area contributed by atoms with E-state index in [1.807, 2.05) is 0 Å². The Morgan fingerprint density at radius 3 is 0.950 bits per heavy atom. The summed E-state index contributed by atoms with van der Waals surface area (Å²) in [5, 5.41) is 0. The van der Waals surface area contributed by atoms with Gasteiger partial charge >= 0.3 is 131 Å². The summed E-state index contributed by atoms with van der Waals surface area (Å²) in [5.74, 6) is 0. The van der Waals surface area contributed by atoms with E-state index < -0.39 is 18.8 Å². The van der Waals surface area contributed by atoms with Gasteiger partial charge in [0.2, 0.25) is 0 Å². The van der Waals surface area contributed by atoms with Crippen LogP contribution in [0.4, 0.5) is 0 Å². The Hall–Kier alpha value is -0.938. The van der Waals surface area contributed by atoms with Crippen molar-refractivity contribution in [3.8, 4) is 0 Å². The van der Waals surface area contributed by atoms with E-state index in [0.717, 1.165) is 0 Å². The molecule has 98 valence electrons. The topological polar surface area (TPSA) is 0 Å². The molecule has 2 heteroatoms. The Bertz CT molecular complexity index is 569. The van der Waals surface area contributed by atoms with Gasteiger partial charge in [-0.25, -0.2) is 0 Å². The number of benzene rings is 3. The van der Waals surface area contributed by atoms with Crippen LogP contribution in [0.1, 0.15) is 0 Å². The van der Waals surface area contributed by atoms with Crippen molar-refractivity contribution < 1.29 is 0 Å². The van der Waals surface area contributed by atoms with Gasteiger partial charge in [0, 0.05) is 0 Å². The van der Waals surface area contributed by atoms with Crippen molar-refractivity contribution in [1.82, 2.24) is 0 Å². The van der Waals surface area contributed by atoms with Crippen molar-refractivity contribution in [1.29, 1.82) is 0 Å². The molecule has 20 heavy (non-hydrogen) atoms. The summed E-state index contributed by atoms with van der Waals surface area (Å²) in [4.78, 5) is 0. The van der Waals surface area contributed by atoms with Gasteiger partial charge in [-0.05, 0) is 0 Å². The van der Waals surface area contributed by atoms with E-state index in [9.17, 15) is 0 Å². The third kappa shape index (κ3) is 2.61. The van der Waals surface area contributed by atoms with E-state index in [4.69, 9.17) is 0 Å². The molecule has 0 saturated carbocycles. The van der Waals surface area contributed by atoms with Crippen molar-refractivity contribution in [3.63, 3.8) is 0 Å². The van der Waals surface area contributed by atoms with E-state index in [1.165, 1.54) is 9.37 Å². The molecule has 0 heterocycles. The minimum absolute atomic E-state index is 1.46. The molecule has 0 saturated heterocycles. The van der Waals surface area contributed by atoms with Crippen LogP contribution < -0.4 is 9.37 Å². The normalized spacial score (nSPS) is 11.2. The molecule has 0 aromatic heterocycles. The average Bonchev–Trinajstić information content (AvgIpc) is 2.56. The number of hydrogen-bond donors (Lipinski definition) is 0. The molecule has 0 aliphatic carbocycles. The number of halogens is 1. The van der Waals surface area contributed by atoms with Crippen molar-refractivity contribution in [2.24, 2.45) is 0 Å². The third-order valence-electron chi connectivity index (χ3n) is 3.51. The first kappa shape index (κ1) is 14.0. The zero-order chi connectivity index (χ0) is 13.8. The van der Waals surface area contributed by atoms with Gasteiger partial charge < -0.3 is 0 Å². The van der Waals surface area contributed by atoms with E-state index in [2.05, 4.69) is 103 Å². The molecule has 0 atom stereocenters. The summed E-state index contributed by atoms with van der Waals surface area (Å²) in [6.07, 6.45) is 0. The van der Waals surface area contributed by atoms with E-state index in [-0.39, 0.29) is 0 Å². The van der Waals surface area contributed by atoms with Crippen molar-refractivity contribution in [3.05, 3.63) is 91.0 Å². The second-order valence-corrected chi connectivity index (χ2v) is 27.0. The zero-order valence-corrected chi connectivity index (χ0v) is 16.5. The molecule has 0 N–H and O–H groups in total. The number of rotatable bonds is 3. The molecule has 0 aliphatic rings. The van der Waals surface area contributed by atoms with E-state index >= 15 is 0 Å². The summed E-state index contributed by atoms with van der Waals surface area (Å²) >= 11 is 1.11. The molecule has 0 fully saturated rings. The third-order valence-corrected chi connectivity index (χ3v) is 28.7. The van der Waals surface area contributed by atoms with Gasteiger partial charge in [0.25, 0.3) is 0 Å². The first-order valence-corrected chi connectivity index (χ1v) is 20.9. The van der Waals surface area contributed by atoms with Crippen molar-refractivity contribution in [2.75, 3.05) is 0 Å². The molecule has 3 rings (SSSR count). The van der Waals surface area contributed by atoms with Gasteiger partial charge in [-0.3, -0.25) is 0 Å². The predicted molar refractivity (Wildman–Crippen MR) is 92.9 cm³/mol. The standard InChI is InChI=1S/3C6H5.BrH.Pb/c3*1-2-4-6-5-3-1;;/h3*1-5H;1H;/q;;;;+1/p-1. The van der Waals surface area contributed by atoms with Crippen LogP contribution in [0.2, 0.25) is 0 Å². The Balaban J connectivity index is 2.24. The Kier molecular flexibility index (Phi) is 4.36. The van der Waals surface area contributed by atoms with Crippen LogP contribution in [0.5, 0.6) is 0 Å². The van der Waals surface area contributed by atoms with E-state index in [1.54, 1.807) is 0 Å². The van der Waals surface area contributed by atoms with Gasteiger partial charge in [-0.1, -0.05) is 0 Å². The van der Waals surface area contributed by atoms with Crippen molar-refractivity contribution >= 4 is 40.1 Å². The summed E-state index contributed by atoms with van der Waals surface area (Å²) in [6.45, 7) is 0. The first-order valence-electron chi connectivity index (χ1n) is 6.67. The minimum atomic E-state index is -3.12. The fraction of sp³-hybridized carbons (Fsp3) is 0. The van der Waals surface area contributed by atoms with Gasteiger partial charge in [-0.2, -0.15) is 0 Å². The van der Waals surface area contributed by atoms with Crippen LogP contribution >= 0.6 is 12.0 Å². The van der Waals surface area contributed by atoms with Gasteiger partial charge in [0.05, 0.1) is 0 Å². The number of hydrogen-bond acceptors (Lipinski definition) is 0. The maximum atomic E-state index is 4.23. The predicted octanol–water partition coefficient (Wildman–Crippen LogP) is 3.05. The molecule has 0 spiro atoms. The summed E-state index contributed by atoms with van der Waals surface area (Å²) < 4.78 is 4.37. The van der Waals surface area contributed by atoms with Gasteiger partial charge in [0.15, 0.2) is 0 Å². The Labute approximate surface area is 130 Å². The van der Waals surface area contributed by atoms with Gasteiger partial charge in [-0.15, -0.1) is 0 Å². The van der Waals surface area contributed by atoms with E-state index in [0.29, 0.717) is 0 Å². The molecule has 0 nitrogen and oxygen atoms in total. The fourth-order valence-corrected chi connectivity index (χ4v) is 21.0. The second kappa shape index (κ2) is 6.23. The van der Waals surface area contributed by atoms with Crippen LogP contribution in [0.15, 0.2) is 91.0 Å². The van der Waals surface area contributed by atoms with Crippen LogP contribution in [-0.2, 0) is 0 Å². The molecular weight excluding hydrogens is 503 g/mol. The van der Waals surface area contributed by atoms with Crippen LogP contribution in [0, 0.1) is 0 Å². The molecule has 0 radical (unpaired) electrons. The van der Waals surface area contributed by atoms with Crippen LogP contribution in [0.25, 0.3) is 0 Å². The molecule has 0 aliphatic heterocycles. The first-order chi connectivity index (χ1) is 9.82. The van der Waals surface area contributed by atoms with Gasteiger partial charge in [0.1, 0.15) is 0 Å².